The van der Waals surface area contributed by atoms with Gasteiger partial charge in [0.25, 0.3) is 0 Å². The molecule has 3 nitrogen and oxygen atoms in total. The minimum atomic E-state index is -0.322. The van der Waals surface area contributed by atoms with Crippen LogP contribution in [0.5, 0.6) is 0 Å². The first kappa shape index (κ1) is 10.5. The number of pyridine rings is 1. The van der Waals surface area contributed by atoms with Crippen molar-refractivity contribution in [2.75, 3.05) is 0 Å². The van der Waals surface area contributed by atoms with Gasteiger partial charge in [-0.05, 0) is 30.0 Å². The van der Waals surface area contributed by atoms with Gasteiger partial charge in [0.1, 0.15) is 0 Å². The molecule has 0 unspecified atom stereocenters. The summed E-state index contributed by atoms with van der Waals surface area (Å²) in [4.78, 5) is 12.2. The molecule has 0 amide bonds. The Balaban J connectivity index is 2.53. The number of benzene rings is 2. The Labute approximate surface area is 109 Å². The molecule has 0 spiro atoms. The average molecular weight is 250 g/mol. The van der Waals surface area contributed by atoms with Crippen molar-refractivity contribution in [2.24, 2.45) is 0 Å². The van der Waals surface area contributed by atoms with E-state index < -0.39 is 0 Å². The minimum absolute atomic E-state index is 0.322. The summed E-state index contributed by atoms with van der Waals surface area (Å²) in [6, 6.07) is 12.2. The van der Waals surface area contributed by atoms with Gasteiger partial charge in [-0.1, -0.05) is 22.6 Å². The van der Waals surface area contributed by atoms with Gasteiger partial charge in [0, 0.05) is 18.4 Å². The Morgan fingerprint density at radius 3 is 2.47 bits per heavy atom. The van der Waals surface area contributed by atoms with Crippen LogP contribution in [-0.4, -0.2) is 0 Å². The molecular weight excluding hydrogens is 238 g/mol. The van der Waals surface area contributed by atoms with Crippen LogP contribution in [0.25, 0.3) is 27.3 Å². The van der Waals surface area contributed by atoms with E-state index in [0.29, 0.717) is 5.58 Å². The van der Waals surface area contributed by atoms with Gasteiger partial charge in [-0.25, -0.2) is 0 Å². The van der Waals surface area contributed by atoms with Crippen LogP contribution in [0.1, 0.15) is 11.3 Å². The highest BCUT2D eigenvalue weighted by Gasteiger charge is 2.22. The highest BCUT2D eigenvalue weighted by molar-refractivity contribution is 6.11. The van der Waals surface area contributed by atoms with Crippen LogP contribution in [0.15, 0.2) is 45.6 Å². The smallest absolute Gasteiger partial charge is 0.371 e. The van der Waals surface area contributed by atoms with E-state index in [0.717, 1.165) is 32.9 Å². The summed E-state index contributed by atoms with van der Waals surface area (Å²) in [6.45, 7) is 3.88. The lowest BCUT2D eigenvalue weighted by atomic mass is 10.0. The lowest BCUT2D eigenvalue weighted by molar-refractivity contribution is -0.549. The zero-order valence-electron chi connectivity index (χ0n) is 10.7. The Morgan fingerprint density at radius 2 is 1.63 bits per heavy atom. The van der Waals surface area contributed by atoms with Crippen LogP contribution in [0, 0.1) is 13.8 Å². The number of nitrogens with zero attached hydrogens (tertiary/aromatic N) is 1. The van der Waals surface area contributed by atoms with Crippen molar-refractivity contribution >= 4 is 27.3 Å². The number of aryl methyl sites for hydroxylation is 2. The summed E-state index contributed by atoms with van der Waals surface area (Å²) in [7, 11) is 0. The van der Waals surface area contributed by atoms with Gasteiger partial charge in [0.05, 0.1) is 5.39 Å². The molecule has 0 aliphatic heterocycles. The highest BCUT2D eigenvalue weighted by atomic mass is 16.4. The Bertz CT molecular complexity index is 998. The molecule has 4 aromatic rings. The second-order valence-corrected chi connectivity index (χ2v) is 4.99. The van der Waals surface area contributed by atoms with Crippen LogP contribution >= 0.6 is 0 Å². The second-order valence-electron chi connectivity index (χ2n) is 4.99. The van der Waals surface area contributed by atoms with Gasteiger partial charge in [-0.2, -0.15) is 4.79 Å². The van der Waals surface area contributed by atoms with E-state index in [1.165, 1.54) is 0 Å². The van der Waals surface area contributed by atoms with E-state index >= 15 is 0 Å². The van der Waals surface area contributed by atoms with Gasteiger partial charge in [0.15, 0.2) is 11.3 Å². The maximum absolute atomic E-state index is 12.2. The van der Waals surface area contributed by atoms with Crippen LogP contribution in [-0.2, 0) is 0 Å². The van der Waals surface area contributed by atoms with Crippen LogP contribution in [0.3, 0.4) is 0 Å². The molecule has 4 rings (SSSR count). The van der Waals surface area contributed by atoms with Crippen LogP contribution < -0.4 is 10.2 Å². The van der Waals surface area contributed by atoms with Gasteiger partial charge in [-0.15, -0.1) is 0 Å². The van der Waals surface area contributed by atoms with E-state index in [1.54, 1.807) is 4.40 Å². The largest absolute Gasteiger partial charge is 0.608 e. The van der Waals surface area contributed by atoms with Gasteiger partial charge >= 0.3 is 5.76 Å². The van der Waals surface area contributed by atoms with Crippen molar-refractivity contribution < 1.29 is 8.82 Å². The average Bonchev–Trinajstić information content (AvgIpc) is 2.41. The maximum Gasteiger partial charge on any atom is 0.608 e. The lowest BCUT2D eigenvalue weighted by Crippen LogP contribution is -2.43. The molecule has 0 fully saturated rings. The van der Waals surface area contributed by atoms with Gasteiger partial charge in [-0.3, -0.25) is 0 Å². The Hall–Kier alpha value is -2.42. The fourth-order valence-electron chi connectivity index (χ4n) is 2.82. The van der Waals surface area contributed by atoms with Crippen molar-refractivity contribution in [3.05, 3.63) is 58.2 Å². The molecule has 2 aromatic carbocycles. The fraction of sp³-hybridized carbons (Fsp3) is 0.125. The molecule has 0 aliphatic carbocycles. The van der Waals surface area contributed by atoms with E-state index in [1.807, 2.05) is 38.1 Å². The number of aromatic nitrogens is 1. The summed E-state index contributed by atoms with van der Waals surface area (Å²) in [5, 5.41) is 3.18. The van der Waals surface area contributed by atoms with E-state index in [4.69, 9.17) is 4.42 Å². The van der Waals surface area contributed by atoms with E-state index in [9.17, 15) is 4.79 Å². The third kappa shape index (κ3) is 1.22. The monoisotopic (exact) mass is 250 g/mol. The molecule has 0 bridgehead atoms. The number of hydrogen-bond donors (Lipinski definition) is 0. The lowest BCUT2D eigenvalue weighted by Gasteiger charge is -2.06. The number of hydrogen-bond acceptors (Lipinski definition) is 2. The van der Waals surface area contributed by atoms with Crippen molar-refractivity contribution in [3.63, 3.8) is 0 Å². The standard InChI is InChI=1S/C16H12NO2/c1-9-3-5-11-7-8-12-6-4-10(2)17-14(12)13(11)15(9)19-16(17)18/h3-8H,1-2H3/q+1. The second kappa shape index (κ2) is 3.32. The fourth-order valence-corrected chi connectivity index (χ4v) is 2.82. The van der Waals surface area contributed by atoms with E-state index in [2.05, 4.69) is 12.1 Å². The van der Waals surface area contributed by atoms with Gasteiger partial charge in [0.2, 0.25) is 5.52 Å². The Morgan fingerprint density at radius 1 is 0.947 bits per heavy atom. The molecular formula is C16H12NO2+. The molecule has 0 aliphatic rings. The predicted octanol–water partition coefficient (Wildman–Crippen LogP) is 2.74. The zero-order chi connectivity index (χ0) is 13.1. The maximum atomic E-state index is 12.2. The van der Waals surface area contributed by atoms with Crippen molar-refractivity contribution in [3.8, 4) is 0 Å². The molecule has 3 heteroatoms. The van der Waals surface area contributed by atoms with Gasteiger partial charge < -0.3 is 4.42 Å². The van der Waals surface area contributed by atoms with Crippen molar-refractivity contribution in [2.45, 2.75) is 13.8 Å². The predicted molar refractivity (Wildman–Crippen MR) is 73.8 cm³/mol. The Kier molecular flexibility index (Phi) is 1.83. The SMILES string of the molecule is Cc1ccc2ccc3ccc(C)[n+]4c(=O)oc1c2c34. The molecule has 92 valence electrons. The summed E-state index contributed by atoms with van der Waals surface area (Å²) in [5.74, 6) is -0.322. The molecule has 0 radical (unpaired) electrons. The zero-order valence-corrected chi connectivity index (χ0v) is 10.7. The quantitative estimate of drug-likeness (QED) is 0.355. The van der Waals surface area contributed by atoms with Crippen LogP contribution in [0.2, 0.25) is 0 Å². The normalized spacial score (nSPS) is 11.9. The summed E-state index contributed by atoms with van der Waals surface area (Å²) >= 11 is 0. The van der Waals surface area contributed by atoms with E-state index in [-0.39, 0.29) is 5.76 Å². The first-order valence-corrected chi connectivity index (χ1v) is 6.27. The summed E-state index contributed by atoms with van der Waals surface area (Å²) in [5.41, 5.74) is 3.52. The summed E-state index contributed by atoms with van der Waals surface area (Å²) < 4.78 is 7.19. The molecule has 0 saturated heterocycles. The number of rotatable bonds is 0. The third-order valence-electron chi connectivity index (χ3n) is 3.79. The topological polar surface area (TPSA) is 34.3 Å². The van der Waals surface area contributed by atoms with Crippen molar-refractivity contribution in [1.29, 1.82) is 0 Å². The highest BCUT2D eigenvalue weighted by Crippen LogP contribution is 2.29. The molecule has 0 saturated carbocycles. The van der Waals surface area contributed by atoms with Crippen LogP contribution in [0.4, 0.5) is 0 Å². The molecule has 2 aromatic heterocycles. The molecule has 2 heterocycles. The summed E-state index contributed by atoms with van der Waals surface area (Å²) in [6.07, 6.45) is 0. The third-order valence-corrected chi connectivity index (χ3v) is 3.79. The van der Waals surface area contributed by atoms with Crippen molar-refractivity contribution in [1.82, 2.24) is 0 Å². The molecule has 0 atom stereocenters. The molecule has 0 N–H and O–H groups in total. The minimum Gasteiger partial charge on any atom is -0.371 e. The molecule has 19 heavy (non-hydrogen) atoms. The first-order chi connectivity index (χ1) is 9.16. The first-order valence-electron chi connectivity index (χ1n) is 6.27.